The van der Waals surface area contributed by atoms with Crippen LogP contribution >= 0.6 is 0 Å². The van der Waals surface area contributed by atoms with Gasteiger partial charge >= 0.3 is 0 Å². The third-order valence-corrected chi connectivity index (χ3v) is 5.37. The van der Waals surface area contributed by atoms with Crippen LogP contribution in [0.15, 0.2) is 23.5 Å². The van der Waals surface area contributed by atoms with Crippen LogP contribution in [0.4, 0.5) is 0 Å². The highest BCUT2D eigenvalue weighted by Crippen LogP contribution is 2.31. The fourth-order valence-electron chi connectivity index (χ4n) is 2.48. The lowest BCUT2D eigenvalue weighted by molar-refractivity contribution is 0.472. The van der Waals surface area contributed by atoms with Gasteiger partial charge in [0.1, 0.15) is 4.90 Å². The Morgan fingerprint density at radius 2 is 2.21 bits per heavy atom. The van der Waals surface area contributed by atoms with Gasteiger partial charge in [0, 0.05) is 30.9 Å². The van der Waals surface area contributed by atoms with Gasteiger partial charge in [0.05, 0.1) is 12.4 Å². The van der Waals surface area contributed by atoms with E-state index < -0.39 is 10.0 Å². The minimum Gasteiger partial charge on any atom is -0.284 e. The molecule has 8 heteroatoms. The highest BCUT2D eigenvalue weighted by molar-refractivity contribution is 7.89. The number of nitrogens with one attached hydrogen (secondary N) is 2. The number of hydrogen-bond acceptors (Lipinski definition) is 4. The zero-order valence-corrected chi connectivity index (χ0v) is 11.3. The Kier molecular flexibility index (Phi) is 2.90. The molecular weight excluding hydrogens is 266 g/mol. The molecule has 0 bridgehead atoms. The van der Waals surface area contributed by atoms with Gasteiger partial charge < -0.3 is 0 Å². The first-order valence-electron chi connectivity index (χ1n) is 6.08. The van der Waals surface area contributed by atoms with Gasteiger partial charge in [-0.15, -0.1) is 0 Å². The van der Waals surface area contributed by atoms with Gasteiger partial charge in [0.25, 0.3) is 0 Å². The van der Waals surface area contributed by atoms with Crippen molar-refractivity contribution < 1.29 is 8.42 Å². The van der Waals surface area contributed by atoms with Crippen molar-refractivity contribution in [3.63, 3.8) is 0 Å². The number of H-pyrrole nitrogens is 2. The Labute approximate surface area is 111 Å². The first kappa shape index (κ1) is 12.4. The number of aryl methyl sites for hydroxylation is 1. The van der Waals surface area contributed by atoms with Crippen LogP contribution in [0.5, 0.6) is 0 Å². The van der Waals surface area contributed by atoms with Crippen LogP contribution in [-0.4, -0.2) is 46.2 Å². The summed E-state index contributed by atoms with van der Waals surface area (Å²) in [5, 5.41) is 13.2. The van der Waals surface area contributed by atoms with Crippen LogP contribution < -0.4 is 0 Å². The first-order valence-corrected chi connectivity index (χ1v) is 7.52. The van der Waals surface area contributed by atoms with E-state index in [9.17, 15) is 8.42 Å². The molecule has 7 nitrogen and oxygen atoms in total. The molecule has 1 aliphatic rings. The summed E-state index contributed by atoms with van der Waals surface area (Å²) in [5.74, 6) is 0.184. The molecular formula is C11H15N5O2S. The van der Waals surface area contributed by atoms with Gasteiger partial charge in [-0.1, -0.05) is 0 Å². The lowest BCUT2D eigenvalue weighted by Crippen LogP contribution is -2.28. The van der Waals surface area contributed by atoms with E-state index >= 15 is 0 Å². The summed E-state index contributed by atoms with van der Waals surface area (Å²) in [4.78, 5) is 0.217. The van der Waals surface area contributed by atoms with Crippen molar-refractivity contribution >= 4 is 10.0 Å². The summed E-state index contributed by atoms with van der Waals surface area (Å²) in [6.07, 6.45) is 5.32. The summed E-state index contributed by atoms with van der Waals surface area (Å²) in [7, 11) is -3.43. The predicted octanol–water partition coefficient (Wildman–Crippen LogP) is 0.619. The molecule has 0 aliphatic carbocycles. The second kappa shape index (κ2) is 4.46. The molecule has 19 heavy (non-hydrogen) atoms. The van der Waals surface area contributed by atoms with E-state index in [2.05, 4.69) is 20.4 Å². The number of aromatic amines is 2. The van der Waals surface area contributed by atoms with Crippen LogP contribution in [0, 0.1) is 6.92 Å². The Hall–Kier alpha value is -1.67. The Balaban J connectivity index is 1.82. The third-order valence-electron chi connectivity index (χ3n) is 3.54. The van der Waals surface area contributed by atoms with E-state index in [-0.39, 0.29) is 10.8 Å². The quantitative estimate of drug-likeness (QED) is 0.862. The molecule has 1 saturated heterocycles. The van der Waals surface area contributed by atoms with Gasteiger partial charge in [0.15, 0.2) is 0 Å². The van der Waals surface area contributed by atoms with Crippen molar-refractivity contribution in [1.82, 2.24) is 24.7 Å². The average Bonchev–Trinajstić information content (AvgIpc) is 3.10. The van der Waals surface area contributed by atoms with Crippen molar-refractivity contribution in [3.05, 3.63) is 29.8 Å². The van der Waals surface area contributed by atoms with Crippen molar-refractivity contribution in [1.29, 1.82) is 0 Å². The molecule has 3 rings (SSSR count). The zero-order valence-electron chi connectivity index (χ0n) is 10.5. The van der Waals surface area contributed by atoms with Crippen molar-refractivity contribution in [2.45, 2.75) is 24.2 Å². The molecule has 0 aromatic carbocycles. The number of rotatable bonds is 3. The fourth-order valence-corrected chi connectivity index (χ4v) is 3.89. The molecule has 1 atom stereocenters. The number of nitrogens with zero attached hydrogens (tertiary/aromatic N) is 3. The maximum atomic E-state index is 12.3. The molecule has 0 spiro atoms. The number of hydrogen-bond donors (Lipinski definition) is 2. The summed E-state index contributed by atoms with van der Waals surface area (Å²) in [5.41, 5.74) is 2.11. The van der Waals surface area contributed by atoms with Gasteiger partial charge in [-0.2, -0.15) is 14.5 Å². The molecule has 0 amide bonds. The van der Waals surface area contributed by atoms with Crippen LogP contribution in [0.3, 0.4) is 0 Å². The highest BCUT2D eigenvalue weighted by Gasteiger charge is 2.34. The van der Waals surface area contributed by atoms with Crippen LogP contribution in [0.25, 0.3) is 0 Å². The SMILES string of the molecule is Cc1cn[nH]c1C1CCN(S(=O)(=O)c2cn[nH]c2)C1. The maximum Gasteiger partial charge on any atom is 0.246 e. The van der Waals surface area contributed by atoms with E-state index in [1.807, 2.05) is 6.92 Å². The molecule has 2 N–H and O–H groups in total. The molecule has 102 valence electrons. The second-order valence-electron chi connectivity index (χ2n) is 4.75. The largest absolute Gasteiger partial charge is 0.284 e. The molecule has 1 unspecified atom stereocenters. The molecule has 1 fully saturated rings. The molecule has 2 aromatic rings. The summed E-state index contributed by atoms with van der Waals surface area (Å²) in [6.45, 7) is 2.99. The molecule has 1 aliphatic heterocycles. The van der Waals surface area contributed by atoms with Crippen LogP contribution in [0.1, 0.15) is 23.6 Å². The van der Waals surface area contributed by atoms with E-state index in [0.29, 0.717) is 13.1 Å². The average molecular weight is 281 g/mol. The second-order valence-corrected chi connectivity index (χ2v) is 6.69. The summed E-state index contributed by atoms with van der Waals surface area (Å²) in [6, 6.07) is 0. The van der Waals surface area contributed by atoms with E-state index in [1.165, 1.54) is 16.7 Å². The van der Waals surface area contributed by atoms with Crippen molar-refractivity contribution in [2.75, 3.05) is 13.1 Å². The predicted molar refractivity (Wildman–Crippen MR) is 68.0 cm³/mol. The van der Waals surface area contributed by atoms with Gasteiger partial charge in [-0.05, 0) is 18.9 Å². The Bertz CT molecular complexity index is 661. The Morgan fingerprint density at radius 3 is 2.84 bits per heavy atom. The number of aromatic nitrogens is 4. The standard InChI is InChI=1S/C11H15N5O2S/c1-8-4-14-15-11(8)9-2-3-16(7-9)19(17,18)10-5-12-13-6-10/h4-6,9H,2-3,7H2,1H3,(H,12,13)(H,14,15). The topological polar surface area (TPSA) is 94.7 Å². The maximum absolute atomic E-state index is 12.3. The molecule has 0 radical (unpaired) electrons. The van der Waals surface area contributed by atoms with Crippen molar-refractivity contribution in [3.8, 4) is 0 Å². The number of sulfonamides is 1. The Morgan fingerprint density at radius 1 is 1.37 bits per heavy atom. The highest BCUT2D eigenvalue weighted by atomic mass is 32.2. The van der Waals surface area contributed by atoms with Gasteiger partial charge in [0.2, 0.25) is 10.0 Å². The fraction of sp³-hybridized carbons (Fsp3) is 0.455. The minimum atomic E-state index is -3.43. The molecule has 0 saturated carbocycles. The van der Waals surface area contributed by atoms with E-state index in [1.54, 1.807) is 6.20 Å². The normalized spacial score (nSPS) is 21.0. The van der Waals surface area contributed by atoms with Gasteiger partial charge in [-0.3, -0.25) is 10.2 Å². The molecule has 2 aromatic heterocycles. The lowest BCUT2D eigenvalue weighted by atomic mass is 10.0. The van der Waals surface area contributed by atoms with Gasteiger partial charge in [-0.25, -0.2) is 8.42 Å². The van der Waals surface area contributed by atoms with Crippen LogP contribution in [-0.2, 0) is 10.0 Å². The third kappa shape index (κ3) is 2.06. The minimum absolute atomic E-state index is 0.184. The first-order chi connectivity index (χ1) is 9.09. The van der Waals surface area contributed by atoms with Crippen LogP contribution in [0.2, 0.25) is 0 Å². The smallest absolute Gasteiger partial charge is 0.246 e. The lowest BCUT2D eigenvalue weighted by Gasteiger charge is -2.15. The summed E-state index contributed by atoms with van der Waals surface area (Å²) < 4.78 is 26.2. The zero-order chi connectivity index (χ0) is 13.5. The summed E-state index contributed by atoms with van der Waals surface area (Å²) >= 11 is 0. The molecule has 3 heterocycles. The monoisotopic (exact) mass is 281 g/mol. The van der Waals surface area contributed by atoms with E-state index in [0.717, 1.165) is 17.7 Å². The van der Waals surface area contributed by atoms with Crippen molar-refractivity contribution in [2.24, 2.45) is 0 Å². The van der Waals surface area contributed by atoms with E-state index in [4.69, 9.17) is 0 Å².